The van der Waals surface area contributed by atoms with Gasteiger partial charge in [0.2, 0.25) is 0 Å². The smallest absolute Gasteiger partial charge is 0.748 e. The molecule has 70 valence electrons. The molecular weight excluding hydrogens is 191 g/mol. The van der Waals surface area contributed by atoms with Gasteiger partial charge in [-0.2, -0.15) is 0 Å². The van der Waals surface area contributed by atoms with Crippen molar-refractivity contribution in [1.82, 2.24) is 0 Å². The van der Waals surface area contributed by atoms with Crippen LogP contribution in [0, 0.1) is 0 Å². The van der Waals surface area contributed by atoms with Gasteiger partial charge in [0, 0.05) is 19.0 Å². The Bertz CT molecular complexity index is 153. The minimum Gasteiger partial charge on any atom is -0.748 e. The molecule has 0 aliphatic heterocycles. The molecule has 0 aromatic rings. The molecule has 0 aromatic carbocycles. The van der Waals surface area contributed by atoms with Crippen LogP contribution in [-0.2, 0) is 14.9 Å². The van der Waals surface area contributed by atoms with Gasteiger partial charge in [0.15, 0.2) is 0 Å². The van der Waals surface area contributed by atoms with E-state index in [2.05, 4.69) is 0 Å². The molecule has 0 heterocycles. The monoisotopic (exact) mass is 206 g/mol. The van der Waals surface area contributed by atoms with Crippen molar-refractivity contribution < 1.29 is 47.3 Å². The van der Waals surface area contributed by atoms with Gasteiger partial charge in [-0.25, -0.2) is 8.42 Å². The summed E-state index contributed by atoms with van der Waals surface area (Å²) in [6.07, 6.45) is 0. The van der Waals surface area contributed by atoms with Gasteiger partial charge >= 0.3 is 29.6 Å². The maximum absolute atomic E-state index is 9.44. The molecule has 6 heteroatoms. The Kier molecular flexibility index (Phi) is 18.4. The first-order valence-corrected chi connectivity index (χ1v) is 5.06. The molecule has 0 aliphatic rings. The van der Waals surface area contributed by atoms with E-state index in [1.54, 1.807) is 0 Å². The Hall–Kier alpha value is 0.870. The van der Waals surface area contributed by atoms with Crippen LogP contribution in [0.4, 0.5) is 0 Å². The van der Waals surface area contributed by atoms with Crippen LogP contribution in [0.5, 0.6) is 0 Å². The first-order valence-electron chi connectivity index (χ1n) is 3.49. The number of hydrogen-bond acceptors (Lipinski definition) is 4. The summed E-state index contributed by atoms with van der Waals surface area (Å²) in [5.41, 5.74) is 0. The first kappa shape index (κ1) is 18.6. The fourth-order valence-corrected chi connectivity index (χ4v) is 0.204. The summed E-state index contributed by atoms with van der Waals surface area (Å²) >= 11 is 0. The van der Waals surface area contributed by atoms with Crippen molar-refractivity contribution in [1.29, 1.82) is 0 Å². The molecule has 0 amide bonds. The van der Waals surface area contributed by atoms with Gasteiger partial charge < -0.3 is 9.29 Å². The first-order chi connectivity index (χ1) is 4.97. The van der Waals surface area contributed by atoms with Crippen LogP contribution >= 0.6 is 0 Å². The van der Waals surface area contributed by atoms with Crippen LogP contribution in [0.3, 0.4) is 0 Å². The van der Waals surface area contributed by atoms with E-state index in [-0.39, 0.29) is 35.3 Å². The zero-order valence-corrected chi connectivity index (χ0v) is 11.0. The molecule has 0 fully saturated rings. The van der Waals surface area contributed by atoms with Gasteiger partial charge in [-0.15, -0.1) is 0 Å². The molecule has 0 radical (unpaired) electrons. The van der Waals surface area contributed by atoms with Gasteiger partial charge in [-0.3, -0.25) is 0 Å². The fraction of sp³-hybridized carbons (Fsp3) is 1.00. The molecule has 0 rings (SSSR count). The molecule has 0 aromatic heterocycles. The van der Waals surface area contributed by atoms with E-state index in [4.69, 9.17) is 4.74 Å². The van der Waals surface area contributed by atoms with Crippen LogP contribution in [0.1, 0.15) is 20.8 Å². The van der Waals surface area contributed by atoms with E-state index in [1.807, 2.05) is 13.8 Å². The van der Waals surface area contributed by atoms with E-state index in [1.165, 1.54) is 6.92 Å². The van der Waals surface area contributed by atoms with Gasteiger partial charge in [0.25, 0.3) is 0 Å². The third kappa shape index (κ3) is 30.7. The van der Waals surface area contributed by atoms with Crippen molar-refractivity contribution in [3.05, 3.63) is 0 Å². The number of ether oxygens (including phenoxy) is 1. The van der Waals surface area contributed by atoms with E-state index in [0.29, 0.717) is 0 Å². The zero-order chi connectivity index (χ0) is 9.33. The quantitative estimate of drug-likeness (QED) is 0.381. The molecule has 4 nitrogen and oxygen atoms in total. The molecule has 0 saturated carbocycles. The van der Waals surface area contributed by atoms with E-state index in [0.717, 1.165) is 13.2 Å². The summed E-state index contributed by atoms with van der Waals surface area (Å²) < 4.78 is 33.2. The fourth-order valence-electron chi connectivity index (χ4n) is 0.204. The molecule has 0 spiro atoms. The molecule has 0 saturated heterocycles. The van der Waals surface area contributed by atoms with Crippen LogP contribution in [0.15, 0.2) is 0 Å². The summed E-state index contributed by atoms with van der Waals surface area (Å²) in [6.45, 7) is 6.97. The van der Waals surface area contributed by atoms with Crippen molar-refractivity contribution in [2.75, 3.05) is 19.0 Å². The van der Waals surface area contributed by atoms with E-state index in [9.17, 15) is 13.0 Å². The number of rotatable bonds is 3. The Morgan fingerprint density at radius 1 is 1.17 bits per heavy atom. The second-order valence-corrected chi connectivity index (χ2v) is 3.32. The molecule has 0 N–H and O–H groups in total. The third-order valence-corrected chi connectivity index (χ3v) is 1.47. The largest absolute Gasteiger partial charge is 1.00 e. The van der Waals surface area contributed by atoms with Gasteiger partial charge in [0.05, 0.1) is 10.1 Å². The topological polar surface area (TPSA) is 66.4 Å². The molecular formula is C6H15NaO4S. The summed E-state index contributed by atoms with van der Waals surface area (Å²) in [5, 5.41) is 0. The summed E-state index contributed by atoms with van der Waals surface area (Å²) in [7, 11) is -3.91. The van der Waals surface area contributed by atoms with Crippen LogP contribution in [-0.4, -0.2) is 31.9 Å². The predicted octanol–water partition coefficient (Wildman–Crippen LogP) is -2.40. The molecule has 12 heavy (non-hydrogen) atoms. The van der Waals surface area contributed by atoms with Gasteiger partial charge in [0.1, 0.15) is 0 Å². The molecule has 0 unspecified atom stereocenters. The maximum Gasteiger partial charge on any atom is 1.00 e. The van der Waals surface area contributed by atoms with E-state index >= 15 is 0 Å². The van der Waals surface area contributed by atoms with E-state index < -0.39 is 10.1 Å². The van der Waals surface area contributed by atoms with Crippen molar-refractivity contribution in [2.45, 2.75) is 20.8 Å². The molecule has 0 atom stereocenters. The van der Waals surface area contributed by atoms with Crippen LogP contribution in [0.2, 0.25) is 0 Å². The minimum atomic E-state index is -3.91. The van der Waals surface area contributed by atoms with Crippen molar-refractivity contribution >= 4 is 10.1 Å². The summed E-state index contributed by atoms with van der Waals surface area (Å²) in [5.74, 6) is -0.312. The Morgan fingerprint density at radius 2 is 1.42 bits per heavy atom. The normalized spacial score (nSPS) is 9.33. The SMILES string of the molecule is CCOCC.CCS(=O)(=O)[O-].[Na+]. The minimum absolute atomic E-state index is 0. The van der Waals surface area contributed by atoms with Crippen molar-refractivity contribution in [3.8, 4) is 0 Å². The Morgan fingerprint density at radius 3 is 1.42 bits per heavy atom. The second-order valence-electron chi connectivity index (χ2n) is 1.63. The predicted molar refractivity (Wildman–Crippen MR) is 42.4 cm³/mol. The Labute approximate surface area is 96.7 Å². The summed E-state index contributed by atoms with van der Waals surface area (Å²) in [6, 6.07) is 0. The third-order valence-electron chi connectivity index (χ3n) is 0.762. The zero-order valence-electron chi connectivity index (χ0n) is 8.16. The van der Waals surface area contributed by atoms with Crippen LogP contribution < -0.4 is 29.6 Å². The standard InChI is InChI=1S/C4H10O.C2H6O3S.Na/c1-3-5-4-2;1-2-6(3,4)5;/h3-4H2,1-2H3;2H2,1H3,(H,3,4,5);/q;;+1/p-1. The maximum atomic E-state index is 9.44. The van der Waals surface area contributed by atoms with Crippen LogP contribution in [0.25, 0.3) is 0 Å². The number of hydrogen-bond donors (Lipinski definition) is 0. The average molecular weight is 206 g/mol. The van der Waals surface area contributed by atoms with Gasteiger partial charge in [-0.05, 0) is 13.8 Å². The van der Waals surface area contributed by atoms with Crippen molar-refractivity contribution in [2.24, 2.45) is 0 Å². The van der Waals surface area contributed by atoms with Gasteiger partial charge in [-0.1, -0.05) is 6.92 Å². The van der Waals surface area contributed by atoms with Crippen molar-refractivity contribution in [3.63, 3.8) is 0 Å². The second kappa shape index (κ2) is 11.9. The average Bonchev–Trinajstić information content (AvgIpc) is 1.90. The summed E-state index contributed by atoms with van der Waals surface area (Å²) in [4.78, 5) is 0. The Balaban J connectivity index is -0.000000126. The molecule has 0 bridgehead atoms. The molecule has 0 aliphatic carbocycles.